The summed E-state index contributed by atoms with van der Waals surface area (Å²) in [6, 6.07) is 7.75. The van der Waals surface area contributed by atoms with Crippen molar-refractivity contribution >= 4 is 28.6 Å². The second-order valence-corrected chi connectivity index (χ2v) is 8.22. The van der Waals surface area contributed by atoms with Crippen molar-refractivity contribution in [3.05, 3.63) is 86.8 Å². The van der Waals surface area contributed by atoms with E-state index in [1.165, 1.54) is 6.33 Å². The maximum atomic E-state index is 6.11. The van der Waals surface area contributed by atoms with Crippen LogP contribution in [-0.2, 0) is 6.54 Å². The molecule has 0 saturated carbocycles. The van der Waals surface area contributed by atoms with Gasteiger partial charge in [0, 0.05) is 28.5 Å². The minimum absolute atomic E-state index is 0.460. The third kappa shape index (κ3) is 3.20. The number of aryl methyl sites for hydroxylation is 1. The van der Waals surface area contributed by atoms with E-state index < -0.39 is 0 Å². The van der Waals surface area contributed by atoms with Crippen molar-refractivity contribution in [2.75, 3.05) is 0 Å². The highest BCUT2D eigenvalue weighted by molar-refractivity contribution is 7.15. The summed E-state index contributed by atoms with van der Waals surface area (Å²) < 4.78 is 2.08. The molecular weight excluding hydrogens is 416 g/mol. The third-order valence-corrected chi connectivity index (χ3v) is 6.28. The van der Waals surface area contributed by atoms with E-state index in [0.717, 1.165) is 49.5 Å². The number of hydrogen-bond acceptors (Lipinski definition) is 6. The Morgan fingerprint density at radius 2 is 1.80 bits per heavy atom. The molecule has 146 valence electrons. The number of fused-ring (bicyclic) bond motifs is 3. The molecule has 0 fully saturated rings. The van der Waals surface area contributed by atoms with Gasteiger partial charge in [-0.2, -0.15) is 0 Å². The van der Waals surface area contributed by atoms with Gasteiger partial charge in [0.1, 0.15) is 23.7 Å². The maximum absolute atomic E-state index is 6.11. The molecule has 6 nitrogen and oxygen atoms in total. The number of benzene rings is 1. The first-order valence-corrected chi connectivity index (χ1v) is 10.4. The van der Waals surface area contributed by atoms with Crippen LogP contribution in [0.5, 0.6) is 0 Å². The molecule has 1 aromatic carbocycles. The van der Waals surface area contributed by atoms with Crippen molar-refractivity contribution in [1.29, 1.82) is 0 Å². The van der Waals surface area contributed by atoms with Crippen molar-refractivity contribution in [3.8, 4) is 16.8 Å². The lowest BCUT2D eigenvalue weighted by Crippen LogP contribution is -2.07. The van der Waals surface area contributed by atoms with Gasteiger partial charge in [0.25, 0.3) is 0 Å². The summed E-state index contributed by atoms with van der Waals surface area (Å²) in [5.74, 6) is 8.09. The first-order valence-electron chi connectivity index (χ1n) is 9.24. The highest BCUT2D eigenvalue weighted by Crippen LogP contribution is 2.36. The molecule has 0 atom stereocenters. The van der Waals surface area contributed by atoms with Gasteiger partial charge in [0.05, 0.1) is 16.2 Å². The van der Waals surface area contributed by atoms with Crippen LogP contribution in [0.4, 0.5) is 0 Å². The van der Waals surface area contributed by atoms with Gasteiger partial charge in [0.2, 0.25) is 0 Å². The molecule has 5 rings (SSSR count). The van der Waals surface area contributed by atoms with Crippen LogP contribution in [0.2, 0.25) is 5.02 Å². The largest absolute Gasteiger partial charge is 0.276 e. The first kappa shape index (κ1) is 18.7. The molecule has 1 aliphatic heterocycles. The van der Waals surface area contributed by atoms with Crippen molar-refractivity contribution in [2.24, 2.45) is 4.99 Å². The Balaban J connectivity index is 1.71. The summed E-state index contributed by atoms with van der Waals surface area (Å²) >= 11 is 7.72. The normalized spacial score (nSPS) is 12.3. The topological polar surface area (TPSA) is 68.8 Å². The predicted molar refractivity (Wildman–Crippen MR) is 118 cm³/mol. The molecule has 0 spiro atoms. The third-order valence-electron chi connectivity index (χ3n) is 4.84. The smallest absolute Gasteiger partial charge is 0.160 e. The average Bonchev–Trinajstić information content (AvgIpc) is 3.22. The average molecular weight is 431 g/mol. The number of aliphatic imine (C=N–C) groups is 1. The highest BCUT2D eigenvalue weighted by atomic mass is 35.5. The molecule has 3 aromatic heterocycles. The standard InChI is InChI=1S/C22H15ClN6S/c1-13-18(8-3-15-9-24-12-25-10-15)30-22-20(13)21(16-4-6-17(23)7-5-16)26-11-19-28-27-14(2)29(19)22/h4-7,9-10,12H,11H2,1-2H3. The number of rotatable bonds is 1. The monoisotopic (exact) mass is 430 g/mol. The first-order chi connectivity index (χ1) is 14.6. The number of hydrogen-bond donors (Lipinski definition) is 0. The molecule has 4 aromatic rings. The van der Waals surface area contributed by atoms with E-state index in [1.807, 2.05) is 31.2 Å². The minimum atomic E-state index is 0.460. The van der Waals surface area contributed by atoms with Crippen LogP contribution in [-0.4, -0.2) is 30.4 Å². The quantitative estimate of drug-likeness (QED) is 0.425. The fourth-order valence-corrected chi connectivity index (χ4v) is 4.75. The fraction of sp³-hybridized carbons (Fsp3) is 0.136. The van der Waals surface area contributed by atoms with Crippen molar-refractivity contribution in [1.82, 2.24) is 24.7 Å². The summed E-state index contributed by atoms with van der Waals surface area (Å²) in [4.78, 5) is 13.9. The zero-order valence-electron chi connectivity index (χ0n) is 16.2. The van der Waals surface area contributed by atoms with E-state index in [9.17, 15) is 0 Å². The van der Waals surface area contributed by atoms with Crippen LogP contribution in [0.1, 0.15) is 38.8 Å². The zero-order chi connectivity index (χ0) is 20.7. The Bertz CT molecular complexity index is 1340. The van der Waals surface area contributed by atoms with E-state index in [2.05, 4.69) is 43.5 Å². The van der Waals surface area contributed by atoms with Gasteiger partial charge in [0.15, 0.2) is 5.82 Å². The van der Waals surface area contributed by atoms with Gasteiger partial charge in [-0.15, -0.1) is 21.5 Å². The highest BCUT2D eigenvalue weighted by Gasteiger charge is 2.27. The van der Waals surface area contributed by atoms with Crippen LogP contribution in [0.15, 0.2) is 48.0 Å². The Morgan fingerprint density at radius 3 is 2.57 bits per heavy atom. The van der Waals surface area contributed by atoms with Crippen molar-refractivity contribution in [2.45, 2.75) is 20.4 Å². The van der Waals surface area contributed by atoms with E-state index in [1.54, 1.807) is 23.7 Å². The number of thiophene rings is 1. The molecular formula is C22H15ClN6S. The summed E-state index contributed by atoms with van der Waals surface area (Å²) in [5, 5.41) is 10.3. The SMILES string of the molecule is Cc1c(C#Cc2cncnc2)sc2c1C(c1ccc(Cl)cc1)=NCc1nnc(C)n1-2. The molecule has 0 N–H and O–H groups in total. The molecule has 1 aliphatic rings. The van der Waals surface area contributed by atoms with Crippen LogP contribution < -0.4 is 0 Å². The predicted octanol–water partition coefficient (Wildman–Crippen LogP) is 4.14. The van der Waals surface area contributed by atoms with E-state index in [4.69, 9.17) is 16.6 Å². The van der Waals surface area contributed by atoms with Gasteiger partial charge in [-0.05, 0) is 31.5 Å². The van der Waals surface area contributed by atoms with Gasteiger partial charge >= 0.3 is 0 Å². The van der Waals surface area contributed by atoms with Crippen LogP contribution in [0.25, 0.3) is 5.00 Å². The number of aromatic nitrogens is 5. The van der Waals surface area contributed by atoms with Gasteiger partial charge in [-0.3, -0.25) is 9.56 Å². The van der Waals surface area contributed by atoms with E-state index in [0.29, 0.717) is 11.6 Å². The molecule has 8 heteroatoms. The number of halogens is 1. The van der Waals surface area contributed by atoms with Gasteiger partial charge in [-0.25, -0.2) is 9.97 Å². The van der Waals surface area contributed by atoms with Gasteiger partial charge in [-0.1, -0.05) is 35.6 Å². The lowest BCUT2D eigenvalue weighted by atomic mass is 10.00. The Morgan fingerprint density at radius 1 is 1.03 bits per heavy atom. The van der Waals surface area contributed by atoms with Crippen LogP contribution in [0, 0.1) is 25.7 Å². The minimum Gasteiger partial charge on any atom is -0.276 e. The lowest BCUT2D eigenvalue weighted by molar-refractivity contribution is 0.869. The Hall–Kier alpha value is -3.34. The second-order valence-electron chi connectivity index (χ2n) is 6.78. The lowest BCUT2D eigenvalue weighted by Gasteiger charge is -2.09. The Kier molecular flexibility index (Phi) is 4.66. The molecule has 0 unspecified atom stereocenters. The summed E-state index contributed by atoms with van der Waals surface area (Å²) in [6.45, 7) is 4.49. The van der Waals surface area contributed by atoms with E-state index >= 15 is 0 Å². The van der Waals surface area contributed by atoms with Gasteiger partial charge < -0.3 is 0 Å². The Labute approximate surface area is 182 Å². The molecule has 0 radical (unpaired) electrons. The number of nitrogens with zero attached hydrogens (tertiary/aromatic N) is 6. The summed E-state index contributed by atoms with van der Waals surface area (Å²) in [7, 11) is 0. The molecule has 0 bridgehead atoms. The summed E-state index contributed by atoms with van der Waals surface area (Å²) in [6.07, 6.45) is 4.90. The summed E-state index contributed by atoms with van der Waals surface area (Å²) in [5.41, 5.74) is 4.82. The van der Waals surface area contributed by atoms with Crippen LogP contribution in [0.3, 0.4) is 0 Å². The zero-order valence-corrected chi connectivity index (χ0v) is 17.8. The van der Waals surface area contributed by atoms with Crippen LogP contribution >= 0.6 is 22.9 Å². The fourth-order valence-electron chi connectivity index (χ4n) is 3.39. The molecule has 30 heavy (non-hydrogen) atoms. The molecule has 0 aliphatic carbocycles. The molecule has 0 amide bonds. The van der Waals surface area contributed by atoms with E-state index in [-0.39, 0.29) is 0 Å². The van der Waals surface area contributed by atoms with Crippen molar-refractivity contribution < 1.29 is 0 Å². The second kappa shape index (κ2) is 7.48. The van der Waals surface area contributed by atoms with Crippen molar-refractivity contribution in [3.63, 3.8) is 0 Å². The molecule has 4 heterocycles. The maximum Gasteiger partial charge on any atom is 0.160 e. The molecule has 0 saturated heterocycles.